The maximum atomic E-state index is 12.5. The van der Waals surface area contributed by atoms with Gasteiger partial charge in [-0.15, -0.1) is 0 Å². The third-order valence-corrected chi connectivity index (χ3v) is 4.51. The van der Waals surface area contributed by atoms with Crippen molar-refractivity contribution in [1.29, 1.82) is 5.26 Å². The van der Waals surface area contributed by atoms with Crippen molar-refractivity contribution in [2.45, 2.75) is 70.0 Å². The van der Waals surface area contributed by atoms with Gasteiger partial charge in [-0.2, -0.15) is 5.26 Å². The minimum atomic E-state index is -0.401. The zero-order valence-corrected chi connectivity index (χ0v) is 11.1. The van der Waals surface area contributed by atoms with Gasteiger partial charge in [-0.05, 0) is 38.5 Å². The van der Waals surface area contributed by atoms with E-state index in [1.165, 1.54) is 19.3 Å². The van der Waals surface area contributed by atoms with Crippen molar-refractivity contribution in [3.05, 3.63) is 0 Å². The Labute approximate surface area is 109 Å². The first-order valence-corrected chi connectivity index (χ1v) is 7.12. The van der Waals surface area contributed by atoms with Crippen LogP contribution in [0, 0.1) is 17.2 Å². The van der Waals surface area contributed by atoms with Crippen molar-refractivity contribution in [1.82, 2.24) is 4.90 Å². The molecule has 1 amide bonds. The molecule has 3 atom stereocenters. The standard InChI is InChI=1S/C14H23N3O/c1-10-7-8-12(9-15)17(10)14(18)13(16)11-5-3-2-4-6-11/h10-13H,2-8,16H2,1H3/t10-,12?,13+/m1/s1. The molecular formula is C14H23N3O. The first-order valence-electron chi connectivity index (χ1n) is 7.12. The van der Waals surface area contributed by atoms with Crippen LogP contribution in [0.2, 0.25) is 0 Å². The van der Waals surface area contributed by atoms with Gasteiger partial charge < -0.3 is 10.6 Å². The Morgan fingerprint density at radius 1 is 1.28 bits per heavy atom. The largest absolute Gasteiger partial charge is 0.323 e. The normalized spacial score (nSPS) is 31.1. The molecule has 0 radical (unpaired) electrons. The van der Waals surface area contributed by atoms with Gasteiger partial charge in [-0.1, -0.05) is 19.3 Å². The second-order valence-corrected chi connectivity index (χ2v) is 5.74. The molecule has 2 N–H and O–H groups in total. The minimum absolute atomic E-state index is 0.00144. The van der Waals surface area contributed by atoms with Crippen molar-refractivity contribution in [2.75, 3.05) is 0 Å². The van der Waals surface area contributed by atoms with Gasteiger partial charge >= 0.3 is 0 Å². The van der Waals surface area contributed by atoms with E-state index in [2.05, 4.69) is 6.07 Å². The molecule has 2 fully saturated rings. The number of likely N-dealkylation sites (tertiary alicyclic amines) is 1. The Morgan fingerprint density at radius 3 is 2.56 bits per heavy atom. The van der Waals surface area contributed by atoms with Crippen LogP contribution in [-0.4, -0.2) is 28.9 Å². The lowest BCUT2D eigenvalue weighted by Gasteiger charge is -2.32. The highest BCUT2D eigenvalue weighted by Gasteiger charge is 2.38. The maximum absolute atomic E-state index is 12.5. The molecular weight excluding hydrogens is 226 g/mol. The number of nitrogens with two attached hydrogens (primary N) is 1. The molecule has 0 aromatic rings. The molecule has 4 heteroatoms. The summed E-state index contributed by atoms with van der Waals surface area (Å²) >= 11 is 0. The Kier molecular flexibility index (Phi) is 4.23. The summed E-state index contributed by atoms with van der Waals surface area (Å²) in [6.45, 7) is 2.02. The van der Waals surface area contributed by atoms with Crippen LogP contribution in [0.4, 0.5) is 0 Å². The van der Waals surface area contributed by atoms with Gasteiger partial charge in [0.25, 0.3) is 0 Å². The number of rotatable bonds is 2. The molecule has 0 aromatic carbocycles. The van der Waals surface area contributed by atoms with Crippen LogP contribution >= 0.6 is 0 Å². The highest BCUT2D eigenvalue weighted by molar-refractivity contribution is 5.83. The average molecular weight is 249 g/mol. The molecule has 100 valence electrons. The Hall–Kier alpha value is -1.08. The van der Waals surface area contributed by atoms with E-state index >= 15 is 0 Å². The predicted molar refractivity (Wildman–Crippen MR) is 69.5 cm³/mol. The van der Waals surface area contributed by atoms with E-state index in [1.54, 1.807) is 4.90 Å². The second-order valence-electron chi connectivity index (χ2n) is 5.74. The van der Waals surface area contributed by atoms with Gasteiger partial charge in [0.2, 0.25) is 5.91 Å². The fourth-order valence-electron chi connectivity index (χ4n) is 3.35. The first kappa shape index (κ1) is 13.4. The van der Waals surface area contributed by atoms with Gasteiger partial charge in [0.05, 0.1) is 12.1 Å². The molecule has 2 aliphatic rings. The van der Waals surface area contributed by atoms with Gasteiger partial charge in [0, 0.05) is 6.04 Å². The maximum Gasteiger partial charge on any atom is 0.241 e. The summed E-state index contributed by atoms with van der Waals surface area (Å²) < 4.78 is 0. The van der Waals surface area contributed by atoms with Crippen molar-refractivity contribution in [3.8, 4) is 6.07 Å². The molecule has 0 spiro atoms. The third kappa shape index (κ3) is 2.51. The van der Waals surface area contributed by atoms with Gasteiger partial charge in [-0.25, -0.2) is 0 Å². The Morgan fingerprint density at radius 2 is 1.94 bits per heavy atom. The summed E-state index contributed by atoms with van der Waals surface area (Å²) in [7, 11) is 0. The van der Waals surface area contributed by atoms with E-state index in [1.807, 2.05) is 6.92 Å². The van der Waals surface area contributed by atoms with E-state index in [9.17, 15) is 4.79 Å². The van der Waals surface area contributed by atoms with Crippen molar-refractivity contribution >= 4 is 5.91 Å². The predicted octanol–water partition coefficient (Wildman–Crippen LogP) is 1.80. The van der Waals surface area contributed by atoms with Crippen LogP contribution in [0.5, 0.6) is 0 Å². The van der Waals surface area contributed by atoms with Crippen molar-refractivity contribution in [3.63, 3.8) is 0 Å². The zero-order chi connectivity index (χ0) is 13.1. The van der Waals surface area contributed by atoms with E-state index in [0.717, 1.165) is 25.7 Å². The Bertz CT molecular complexity index is 343. The van der Waals surface area contributed by atoms with E-state index in [-0.39, 0.29) is 18.0 Å². The lowest BCUT2D eigenvalue weighted by atomic mass is 9.83. The van der Waals surface area contributed by atoms with Crippen LogP contribution in [0.25, 0.3) is 0 Å². The number of nitriles is 1. The molecule has 1 unspecified atom stereocenters. The van der Waals surface area contributed by atoms with Gasteiger partial charge in [-0.3, -0.25) is 4.79 Å². The Balaban J connectivity index is 2.03. The average Bonchev–Trinajstić information content (AvgIpc) is 2.79. The molecule has 0 aromatic heterocycles. The highest BCUT2D eigenvalue weighted by Crippen LogP contribution is 2.29. The molecule has 1 aliphatic heterocycles. The molecule has 2 rings (SSSR count). The fourth-order valence-corrected chi connectivity index (χ4v) is 3.35. The lowest BCUT2D eigenvalue weighted by Crippen LogP contribution is -2.51. The first-order chi connectivity index (χ1) is 8.65. The van der Waals surface area contributed by atoms with Crippen LogP contribution in [-0.2, 0) is 4.79 Å². The van der Waals surface area contributed by atoms with Crippen LogP contribution in [0.15, 0.2) is 0 Å². The monoisotopic (exact) mass is 249 g/mol. The fraction of sp³-hybridized carbons (Fsp3) is 0.857. The summed E-state index contributed by atoms with van der Waals surface area (Å²) in [6, 6.07) is 1.73. The quantitative estimate of drug-likeness (QED) is 0.811. The van der Waals surface area contributed by atoms with Crippen molar-refractivity contribution in [2.24, 2.45) is 11.7 Å². The van der Waals surface area contributed by atoms with E-state index in [4.69, 9.17) is 11.0 Å². The lowest BCUT2D eigenvalue weighted by molar-refractivity contribution is -0.135. The summed E-state index contributed by atoms with van der Waals surface area (Å²) in [4.78, 5) is 14.2. The van der Waals surface area contributed by atoms with Gasteiger partial charge in [0.1, 0.15) is 6.04 Å². The molecule has 1 heterocycles. The third-order valence-electron chi connectivity index (χ3n) is 4.51. The number of nitrogens with zero attached hydrogens (tertiary/aromatic N) is 2. The number of carbonyl (C=O) groups excluding carboxylic acids is 1. The number of carbonyl (C=O) groups is 1. The SMILES string of the molecule is C[C@@H]1CCC(C#N)N1C(=O)[C@@H](N)C1CCCCC1. The summed E-state index contributed by atoms with van der Waals surface area (Å²) in [5.74, 6) is 0.317. The van der Waals surface area contributed by atoms with Crippen LogP contribution in [0.3, 0.4) is 0 Å². The second kappa shape index (κ2) is 5.71. The molecule has 0 bridgehead atoms. The smallest absolute Gasteiger partial charge is 0.241 e. The van der Waals surface area contributed by atoms with Crippen molar-refractivity contribution < 1.29 is 4.79 Å². The molecule has 1 saturated heterocycles. The summed E-state index contributed by atoms with van der Waals surface area (Å²) in [5.41, 5.74) is 6.15. The van der Waals surface area contributed by atoms with Crippen LogP contribution < -0.4 is 5.73 Å². The molecule has 1 aliphatic carbocycles. The van der Waals surface area contributed by atoms with Crippen LogP contribution in [0.1, 0.15) is 51.9 Å². The van der Waals surface area contributed by atoms with E-state index in [0.29, 0.717) is 5.92 Å². The number of amides is 1. The number of hydrogen-bond donors (Lipinski definition) is 1. The minimum Gasteiger partial charge on any atom is -0.323 e. The molecule has 4 nitrogen and oxygen atoms in total. The summed E-state index contributed by atoms with van der Waals surface area (Å²) in [6.07, 6.45) is 7.46. The zero-order valence-electron chi connectivity index (χ0n) is 11.1. The topological polar surface area (TPSA) is 70.1 Å². The highest BCUT2D eigenvalue weighted by atomic mass is 16.2. The molecule has 1 saturated carbocycles. The summed E-state index contributed by atoms with van der Waals surface area (Å²) in [5, 5.41) is 9.11. The van der Waals surface area contributed by atoms with E-state index < -0.39 is 6.04 Å². The number of hydrogen-bond acceptors (Lipinski definition) is 3. The molecule has 18 heavy (non-hydrogen) atoms. The van der Waals surface area contributed by atoms with Gasteiger partial charge in [0.15, 0.2) is 0 Å².